The molecule has 226 valence electrons. The highest BCUT2D eigenvalue weighted by atomic mass is 32.2. The first-order chi connectivity index (χ1) is 20.1. The van der Waals surface area contributed by atoms with Crippen molar-refractivity contribution in [2.24, 2.45) is 0 Å². The number of methoxy groups -OCH3 is 1. The molecule has 0 bridgehead atoms. The van der Waals surface area contributed by atoms with Gasteiger partial charge in [0, 0.05) is 18.0 Å². The minimum Gasteiger partial charge on any atom is -0.497 e. The zero-order valence-electron chi connectivity index (χ0n) is 25.0. The quantitative estimate of drug-likeness (QED) is 0.176. The summed E-state index contributed by atoms with van der Waals surface area (Å²) in [5.41, 5.74) is 2.12. The summed E-state index contributed by atoms with van der Waals surface area (Å²) in [5.74, 6) is -0.0662. The van der Waals surface area contributed by atoms with Crippen LogP contribution in [-0.4, -0.2) is 57.6 Å². The Labute approximate surface area is 254 Å². The van der Waals surface area contributed by atoms with Gasteiger partial charge in [0.15, 0.2) is 0 Å². The number of benzene rings is 3. The van der Waals surface area contributed by atoms with Gasteiger partial charge in [-0.05, 0) is 80.1 Å². The van der Waals surface area contributed by atoms with E-state index in [2.05, 4.69) is 5.32 Å². The largest absolute Gasteiger partial charge is 0.497 e. The summed E-state index contributed by atoms with van der Waals surface area (Å²) < 4.78 is 34.4. The number of sulfonamides is 1. The molecule has 1 N–H and O–H groups in total. The Kier molecular flexibility index (Phi) is 12.3. The Bertz CT molecular complexity index is 1410. The first-order valence-corrected chi connectivity index (χ1v) is 16.7. The van der Waals surface area contributed by atoms with Crippen LogP contribution in [0.25, 0.3) is 0 Å². The second-order valence-corrected chi connectivity index (χ2v) is 12.7. The SMILES string of the molecule is CCCCNC(=O)C(CC)N(Cc1ccc(OC)cc1)C(=O)CN(c1ccc(C)cc1)S(=O)(=O)c1ccc(SC)cc1. The maximum absolute atomic E-state index is 14.1. The Morgan fingerprint density at radius 3 is 2.14 bits per heavy atom. The van der Waals surface area contributed by atoms with Gasteiger partial charge < -0.3 is 15.0 Å². The van der Waals surface area contributed by atoms with Gasteiger partial charge in [0.05, 0.1) is 17.7 Å². The van der Waals surface area contributed by atoms with Crippen LogP contribution in [-0.2, 0) is 26.2 Å². The van der Waals surface area contributed by atoms with Gasteiger partial charge in [-0.1, -0.05) is 50.1 Å². The van der Waals surface area contributed by atoms with E-state index in [1.165, 1.54) is 16.7 Å². The smallest absolute Gasteiger partial charge is 0.264 e. The monoisotopic (exact) mass is 611 g/mol. The van der Waals surface area contributed by atoms with E-state index in [9.17, 15) is 18.0 Å². The molecule has 3 aromatic carbocycles. The molecule has 0 heterocycles. The van der Waals surface area contributed by atoms with Gasteiger partial charge in [-0.3, -0.25) is 13.9 Å². The lowest BCUT2D eigenvalue weighted by Crippen LogP contribution is -2.52. The number of aryl methyl sites for hydroxylation is 1. The molecule has 0 aliphatic heterocycles. The minimum atomic E-state index is -4.11. The lowest BCUT2D eigenvalue weighted by molar-refractivity contribution is -0.140. The molecule has 1 atom stereocenters. The molecular formula is C32H41N3O5S2. The van der Waals surface area contributed by atoms with Crippen molar-refractivity contribution in [3.05, 3.63) is 83.9 Å². The molecule has 2 amide bonds. The van der Waals surface area contributed by atoms with Gasteiger partial charge >= 0.3 is 0 Å². The molecule has 0 radical (unpaired) electrons. The second-order valence-electron chi connectivity index (χ2n) is 9.96. The van der Waals surface area contributed by atoms with Crippen molar-refractivity contribution in [2.45, 2.75) is 62.4 Å². The summed E-state index contributed by atoms with van der Waals surface area (Å²) in [4.78, 5) is 29.9. The average Bonchev–Trinajstić information content (AvgIpc) is 3.00. The average molecular weight is 612 g/mol. The highest BCUT2D eigenvalue weighted by Crippen LogP contribution is 2.27. The number of thioether (sulfide) groups is 1. The van der Waals surface area contributed by atoms with E-state index < -0.39 is 28.5 Å². The Morgan fingerprint density at radius 1 is 0.952 bits per heavy atom. The normalized spacial score (nSPS) is 11.9. The summed E-state index contributed by atoms with van der Waals surface area (Å²) in [6.45, 7) is 5.97. The molecule has 0 aromatic heterocycles. The molecule has 10 heteroatoms. The summed E-state index contributed by atoms with van der Waals surface area (Å²) in [6.07, 6.45) is 4.03. The number of hydrogen-bond donors (Lipinski definition) is 1. The number of nitrogens with one attached hydrogen (secondary N) is 1. The first-order valence-electron chi connectivity index (χ1n) is 14.1. The molecule has 0 spiro atoms. The number of hydrogen-bond acceptors (Lipinski definition) is 6. The van der Waals surface area contributed by atoms with Gasteiger partial charge in [0.2, 0.25) is 11.8 Å². The summed E-state index contributed by atoms with van der Waals surface area (Å²) in [6, 6.07) is 20.1. The van der Waals surface area contributed by atoms with E-state index in [-0.39, 0.29) is 17.3 Å². The molecule has 42 heavy (non-hydrogen) atoms. The second kappa shape index (κ2) is 15.7. The number of unbranched alkanes of at least 4 members (excludes halogenated alkanes) is 1. The summed E-state index contributed by atoms with van der Waals surface area (Å²) in [5, 5.41) is 2.95. The van der Waals surface area contributed by atoms with Crippen LogP contribution in [0.5, 0.6) is 5.75 Å². The number of carbonyl (C=O) groups is 2. The van der Waals surface area contributed by atoms with Gasteiger partial charge in [0.25, 0.3) is 10.0 Å². The van der Waals surface area contributed by atoms with Crippen molar-refractivity contribution in [3.8, 4) is 5.75 Å². The van der Waals surface area contributed by atoms with Crippen molar-refractivity contribution in [3.63, 3.8) is 0 Å². The van der Waals surface area contributed by atoms with E-state index in [0.29, 0.717) is 24.4 Å². The van der Waals surface area contributed by atoms with Crippen LogP contribution in [0.4, 0.5) is 5.69 Å². The Hall–Kier alpha value is -3.50. The molecule has 0 saturated carbocycles. The lowest BCUT2D eigenvalue weighted by atomic mass is 10.1. The molecule has 1 unspecified atom stereocenters. The van der Waals surface area contributed by atoms with Gasteiger partial charge in [-0.2, -0.15) is 0 Å². The maximum Gasteiger partial charge on any atom is 0.264 e. The van der Waals surface area contributed by atoms with Crippen LogP contribution in [0.2, 0.25) is 0 Å². The van der Waals surface area contributed by atoms with Crippen LogP contribution in [0.1, 0.15) is 44.2 Å². The summed E-state index contributed by atoms with van der Waals surface area (Å²) >= 11 is 1.51. The van der Waals surface area contributed by atoms with Crippen molar-refractivity contribution in [2.75, 3.05) is 30.8 Å². The van der Waals surface area contributed by atoms with E-state index in [0.717, 1.165) is 33.2 Å². The number of anilines is 1. The van der Waals surface area contributed by atoms with Crippen LogP contribution in [0.15, 0.2) is 82.6 Å². The molecule has 0 aliphatic rings. The van der Waals surface area contributed by atoms with Crippen molar-refractivity contribution < 1.29 is 22.7 Å². The molecule has 3 aromatic rings. The van der Waals surface area contributed by atoms with E-state index in [1.807, 2.05) is 51.3 Å². The fraction of sp³-hybridized carbons (Fsp3) is 0.375. The van der Waals surface area contributed by atoms with Crippen LogP contribution < -0.4 is 14.4 Å². The fourth-order valence-electron chi connectivity index (χ4n) is 4.47. The third kappa shape index (κ3) is 8.51. The van der Waals surface area contributed by atoms with E-state index in [1.54, 1.807) is 55.6 Å². The number of carbonyl (C=O) groups excluding carboxylic acids is 2. The van der Waals surface area contributed by atoms with Crippen molar-refractivity contribution >= 4 is 39.3 Å². The standard InChI is InChI=1S/C32H41N3O5S2/c1-6-8-21-33-32(37)30(7-2)34(22-25-11-15-27(40-4)16-12-25)31(36)23-35(26-13-9-24(3)10-14-26)42(38,39)29-19-17-28(41-5)18-20-29/h9-20,30H,6-8,21-23H2,1-5H3,(H,33,37). The lowest BCUT2D eigenvalue weighted by Gasteiger charge is -2.33. The zero-order valence-corrected chi connectivity index (χ0v) is 26.6. The molecule has 0 saturated heterocycles. The minimum absolute atomic E-state index is 0.0831. The number of nitrogens with zero attached hydrogens (tertiary/aromatic N) is 2. The van der Waals surface area contributed by atoms with Crippen molar-refractivity contribution in [1.29, 1.82) is 0 Å². The van der Waals surface area contributed by atoms with Crippen LogP contribution >= 0.6 is 11.8 Å². The predicted octanol–water partition coefficient (Wildman–Crippen LogP) is 5.64. The van der Waals surface area contributed by atoms with Crippen LogP contribution in [0, 0.1) is 6.92 Å². The molecule has 0 fully saturated rings. The zero-order chi connectivity index (χ0) is 30.7. The third-order valence-corrected chi connectivity index (χ3v) is 9.51. The third-order valence-electron chi connectivity index (χ3n) is 6.98. The predicted molar refractivity (Wildman–Crippen MR) is 169 cm³/mol. The molecule has 0 aliphatic carbocycles. The van der Waals surface area contributed by atoms with Crippen molar-refractivity contribution in [1.82, 2.24) is 10.2 Å². The Balaban J connectivity index is 2.02. The number of rotatable bonds is 15. The molecule has 8 nitrogen and oxygen atoms in total. The number of ether oxygens (including phenoxy) is 1. The highest BCUT2D eigenvalue weighted by Gasteiger charge is 2.33. The number of amides is 2. The maximum atomic E-state index is 14.1. The van der Waals surface area contributed by atoms with Gasteiger partial charge in [-0.25, -0.2) is 8.42 Å². The molecular weight excluding hydrogens is 571 g/mol. The first kappa shape index (κ1) is 33.0. The van der Waals surface area contributed by atoms with E-state index in [4.69, 9.17) is 4.74 Å². The summed E-state index contributed by atoms with van der Waals surface area (Å²) in [7, 11) is -2.54. The molecule has 3 rings (SSSR count). The topological polar surface area (TPSA) is 96.0 Å². The van der Waals surface area contributed by atoms with E-state index >= 15 is 0 Å². The van der Waals surface area contributed by atoms with Gasteiger partial charge in [0.1, 0.15) is 18.3 Å². The fourth-order valence-corrected chi connectivity index (χ4v) is 6.29. The highest BCUT2D eigenvalue weighted by molar-refractivity contribution is 7.98. The van der Waals surface area contributed by atoms with Gasteiger partial charge in [-0.15, -0.1) is 11.8 Å². The Morgan fingerprint density at radius 2 is 1.60 bits per heavy atom. The van der Waals surface area contributed by atoms with Crippen LogP contribution in [0.3, 0.4) is 0 Å².